The number of fused-ring (bicyclic) bond motifs is 1. The Bertz CT molecular complexity index is 848. The largest absolute Gasteiger partial charge is 0.574 e. The lowest BCUT2D eigenvalue weighted by atomic mass is 10.2. The Hall–Kier alpha value is -2.55. The average molecular weight is 330 g/mol. The van der Waals surface area contributed by atoms with Gasteiger partial charge in [-0.15, -0.1) is 13.2 Å². The molecule has 0 amide bonds. The predicted molar refractivity (Wildman–Crippen MR) is 73.1 cm³/mol. The van der Waals surface area contributed by atoms with Gasteiger partial charge in [-0.25, -0.2) is 14.1 Å². The Morgan fingerprint density at radius 3 is 2.64 bits per heavy atom. The summed E-state index contributed by atoms with van der Waals surface area (Å²) in [5.74, 6) is -0.224. The van der Waals surface area contributed by atoms with Crippen molar-refractivity contribution in [2.24, 2.45) is 0 Å². The molecule has 0 unspecified atom stereocenters. The van der Waals surface area contributed by atoms with Crippen LogP contribution in [0.25, 0.3) is 22.6 Å². The fraction of sp³-hybridized carbons (Fsp3) is 0.0833. The van der Waals surface area contributed by atoms with Crippen molar-refractivity contribution in [1.82, 2.24) is 19.0 Å². The maximum atomic E-state index is 12.2. The highest BCUT2D eigenvalue weighted by molar-refractivity contribution is 6.20. The van der Waals surface area contributed by atoms with E-state index < -0.39 is 12.2 Å². The van der Waals surface area contributed by atoms with E-state index >= 15 is 0 Å². The topological polar surface area (TPSA) is 78.8 Å². The predicted octanol–water partition coefficient (Wildman–Crippen LogP) is 2.98. The van der Waals surface area contributed by atoms with Crippen molar-refractivity contribution in [3.05, 3.63) is 30.5 Å². The summed E-state index contributed by atoms with van der Waals surface area (Å²) in [6, 6.07) is 5.64. The molecule has 0 radical (unpaired) electrons. The molecule has 0 aromatic carbocycles. The number of alkyl halides is 3. The molecule has 0 spiro atoms. The molecule has 22 heavy (non-hydrogen) atoms. The summed E-state index contributed by atoms with van der Waals surface area (Å²) in [6.45, 7) is 0. The van der Waals surface area contributed by atoms with Gasteiger partial charge in [0.2, 0.25) is 5.88 Å². The Kier molecular flexibility index (Phi) is 3.28. The van der Waals surface area contributed by atoms with E-state index in [2.05, 4.69) is 19.7 Å². The molecular formula is C12H7ClF3N5O. The number of nitrogen functional groups attached to an aromatic ring is 1. The van der Waals surface area contributed by atoms with Crippen molar-refractivity contribution in [3.63, 3.8) is 0 Å². The summed E-state index contributed by atoms with van der Waals surface area (Å²) in [5, 5.41) is 0. The SMILES string of the molecule is Nc1ncccc1-c1nc2ccc(OC(F)(F)F)nc2n1Cl. The fourth-order valence-corrected chi connectivity index (χ4v) is 2.11. The summed E-state index contributed by atoms with van der Waals surface area (Å²) in [4.78, 5) is 11.8. The summed E-state index contributed by atoms with van der Waals surface area (Å²) >= 11 is 6.08. The zero-order valence-electron chi connectivity index (χ0n) is 10.7. The number of aromatic nitrogens is 4. The van der Waals surface area contributed by atoms with Crippen LogP contribution >= 0.6 is 11.8 Å². The van der Waals surface area contributed by atoms with Gasteiger partial charge in [0.1, 0.15) is 11.3 Å². The van der Waals surface area contributed by atoms with E-state index in [0.29, 0.717) is 11.1 Å². The molecule has 0 aliphatic rings. The number of rotatable bonds is 2. The van der Waals surface area contributed by atoms with Crippen molar-refractivity contribution in [2.45, 2.75) is 6.36 Å². The molecule has 3 aromatic rings. The lowest BCUT2D eigenvalue weighted by Gasteiger charge is -2.07. The smallest absolute Gasteiger partial charge is 0.388 e. The third-order valence-corrected chi connectivity index (χ3v) is 3.05. The first-order valence-electron chi connectivity index (χ1n) is 5.87. The molecule has 114 valence electrons. The Labute approximate surface area is 126 Å². The van der Waals surface area contributed by atoms with Gasteiger partial charge in [0.25, 0.3) is 0 Å². The van der Waals surface area contributed by atoms with Crippen LogP contribution in [-0.2, 0) is 0 Å². The second-order valence-electron chi connectivity index (χ2n) is 4.19. The standard InChI is InChI=1S/C12H7ClF3N5O/c13-21-10(6-2-1-5-18-9(6)17)19-7-3-4-8(20-11(7)21)22-12(14,15)16/h1-5H,(H2,17,18). The third-order valence-electron chi connectivity index (χ3n) is 2.73. The average Bonchev–Trinajstić information content (AvgIpc) is 2.75. The summed E-state index contributed by atoms with van der Waals surface area (Å²) in [5.41, 5.74) is 6.49. The summed E-state index contributed by atoms with van der Waals surface area (Å²) in [6.07, 6.45) is -3.35. The van der Waals surface area contributed by atoms with Crippen LogP contribution in [0.1, 0.15) is 0 Å². The number of ether oxygens (including phenoxy) is 1. The molecule has 0 aliphatic carbocycles. The zero-order valence-corrected chi connectivity index (χ0v) is 11.4. The normalized spacial score (nSPS) is 11.8. The number of anilines is 1. The van der Waals surface area contributed by atoms with E-state index in [-0.39, 0.29) is 17.3 Å². The number of imidazole rings is 1. The second kappa shape index (κ2) is 5.02. The Morgan fingerprint density at radius 1 is 1.18 bits per heavy atom. The minimum Gasteiger partial charge on any atom is -0.388 e. The minimum atomic E-state index is -4.84. The molecule has 0 bridgehead atoms. The third kappa shape index (κ3) is 2.62. The molecular weight excluding hydrogens is 323 g/mol. The highest BCUT2D eigenvalue weighted by Gasteiger charge is 2.32. The molecule has 6 nitrogen and oxygen atoms in total. The zero-order chi connectivity index (χ0) is 15.9. The van der Waals surface area contributed by atoms with Gasteiger partial charge in [0.05, 0.1) is 5.56 Å². The highest BCUT2D eigenvalue weighted by atomic mass is 35.5. The van der Waals surface area contributed by atoms with E-state index in [4.69, 9.17) is 17.5 Å². The van der Waals surface area contributed by atoms with Crippen LogP contribution in [0.3, 0.4) is 0 Å². The molecule has 10 heteroatoms. The Morgan fingerprint density at radius 2 is 1.95 bits per heavy atom. The number of halogens is 4. The number of hydrogen-bond acceptors (Lipinski definition) is 5. The summed E-state index contributed by atoms with van der Waals surface area (Å²) in [7, 11) is 0. The molecule has 2 N–H and O–H groups in total. The van der Waals surface area contributed by atoms with Gasteiger partial charge in [-0.3, -0.25) is 0 Å². The first-order chi connectivity index (χ1) is 10.3. The lowest BCUT2D eigenvalue weighted by Crippen LogP contribution is -2.17. The molecule has 0 aliphatic heterocycles. The summed E-state index contributed by atoms with van der Waals surface area (Å²) < 4.78 is 41.4. The lowest BCUT2D eigenvalue weighted by molar-refractivity contribution is -0.276. The van der Waals surface area contributed by atoms with Crippen molar-refractivity contribution in [3.8, 4) is 17.3 Å². The van der Waals surface area contributed by atoms with Gasteiger partial charge in [-0.05, 0) is 18.2 Å². The fourth-order valence-electron chi connectivity index (χ4n) is 1.86. The quantitative estimate of drug-likeness (QED) is 0.782. The molecule has 0 saturated heterocycles. The first kappa shape index (κ1) is 14.4. The van der Waals surface area contributed by atoms with Crippen LogP contribution in [-0.4, -0.2) is 25.4 Å². The van der Waals surface area contributed by atoms with Crippen molar-refractivity contribution >= 4 is 28.8 Å². The Balaban J connectivity index is 2.12. The minimum absolute atomic E-state index is 0.0154. The molecule has 0 saturated carbocycles. The molecule has 3 aromatic heterocycles. The van der Waals surface area contributed by atoms with Gasteiger partial charge in [0, 0.05) is 24.0 Å². The first-order valence-corrected chi connectivity index (χ1v) is 6.21. The number of nitrogens with zero attached hydrogens (tertiary/aromatic N) is 4. The van der Waals surface area contributed by atoms with Gasteiger partial charge in [-0.1, -0.05) is 0 Å². The number of nitrogens with two attached hydrogens (primary N) is 1. The molecule has 0 fully saturated rings. The van der Waals surface area contributed by atoms with Gasteiger partial charge >= 0.3 is 6.36 Å². The van der Waals surface area contributed by atoms with Crippen LogP contribution in [0.5, 0.6) is 5.88 Å². The van der Waals surface area contributed by atoms with Crippen LogP contribution in [0.4, 0.5) is 19.0 Å². The van der Waals surface area contributed by atoms with Crippen LogP contribution < -0.4 is 10.5 Å². The van der Waals surface area contributed by atoms with Crippen LogP contribution in [0.2, 0.25) is 0 Å². The molecule has 3 heterocycles. The van der Waals surface area contributed by atoms with Crippen LogP contribution in [0.15, 0.2) is 30.5 Å². The van der Waals surface area contributed by atoms with E-state index in [0.717, 1.165) is 10.2 Å². The van der Waals surface area contributed by atoms with Crippen molar-refractivity contribution < 1.29 is 17.9 Å². The van der Waals surface area contributed by atoms with Gasteiger partial charge in [-0.2, -0.15) is 4.98 Å². The highest BCUT2D eigenvalue weighted by Crippen LogP contribution is 2.29. The number of hydrogen-bond donors (Lipinski definition) is 1. The maximum absolute atomic E-state index is 12.2. The van der Waals surface area contributed by atoms with E-state index in [1.807, 2.05) is 0 Å². The monoisotopic (exact) mass is 329 g/mol. The van der Waals surface area contributed by atoms with Gasteiger partial charge < -0.3 is 10.5 Å². The van der Waals surface area contributed by atoms with Crippen molar-refractivity contribution in [1.29, 1.82) is 0 Å². The second-order valence-corrected chi connectivity index (χ2v) is 4.53. The number of pyridine rings is 2. The van der Waals surface area contributed by atoms with Gasteiger partial charge in [0.15, 0.2) is 11.5 Å². The maximum Gasteiger partial charge on any atom is 0.574 e. The van der Waals surface area contributed by atoms with E-state index in [1.165, 1.54) is 12.3 Å². The van der Waals surface area contributed by atoms with E-state index in [1.54, 1.807) is 12.1 Å². The molecule has 0 atom stereocenters. The van der Waals surface area contributed by atoms with E-state index in [9.17, 15) is 13.2 Å². The van der Waals surface area contributed by atoms with Crippen molar-refractivity contribution in [2.75, 3.05) is 5.73 Å². The molecule has 3 rings (SSSR count). The van der Waals surface area contributed by atoms with Crippen LogP contribution in [0, 0.1) is 0 Å².